The summed E-state index contributed by atoms with van der Waals surface area (Å²) in [6.45, 7) is 1.76. The van der Waals surface area contributed by atoms with E-state index >= 15 is 0 Å². The number of carbonyl (C=O) groups is 1. The van der Waals surface area contributed by atoms with E-state index < -0.39 is 0 Å². The minimum absolute atomic E-state index is 0.0469. The number of ether oxygens (including phenoxy) is 1. The lowest BCUT2D eigenvalue weighted by Crippen LogP contribution is -2.38. The highest BCUT2D eigenvalue weighted by Gasteiger charge is 2.16. The Morgan fingerprint density at radius 3 is 2.62 bits per heavy atom. The van der Waals surface area contributed by atoms with Gasteiger partial charge in [-0.05, 0) is 54.3 Å². The van der Waals surface area contributed by atoms with Crippen molar-refractivity contribution in [1.82, 2.24) is 4.90 Å². The molecular weight excluding hydrogens is 266 g/mol. The summed E-state index contributed by atoms with van der Waals surface area (Å²) >= 11 is 0. The molecule has 110 valence electrons. The predicted octanol–water partition coefficient (Wildman–Crippen LogP) is 2.94. The number of carbonyl (C=O) groups excluding carboxylic acids is 1. The second-order valence-corrected chi connectivity index (χ2v) is 5.42. The number of amides is 1. The van der Waals surface area contributed by atoms with E-state index in [1.54, 1.807) is 12.1 Å². The number of fused-ring (bicyclic) bond motifs is 1. The fourth-order valence-electron chi connectivity index (χ4n) is 2.68. The maximum atomic E-state index is 12.1. The first-order valence-corrected chi connectivity index (χ1v) is 7.36. The summed E-state index contributed by atoms with van der Waals surface area (Å²) < 4.78 is 5.60. The van der Waals surface area contributed by atoms with Gasteiger partial charge in [-0.2, -0.15) is 0 Å². The number of phenolic OH excluding ortho intramolecular Hbond substituents is 1. The van der Waals surface area contributed by atoms with Crippen LogP contribution in [0.3, 0.4) is 0 Å². The molecule has 1 heterocycles. The van der Waals surface area contributed by atoms with Crippen LogP contribution in [0.15, 0.2) is 36.4 Å². The van der Waals surface area contributed by atoms with E-state index in [0.717, 1.165) is 36.7 Å². The first kappa shape index (κ1) is 13.7. The first-order chi connectivity index (χ1) is 10.2. The monoisotopic (exact) mass is 285 g/mol. The average molecular weight is 285 g/mol. The van der Waals surface area contributed by atoms with Crippen LogP contribution < -0.4 is 4.74 Å². The lowest BCUT2D eigenvalue weighted by molar-refractivity contribution is -0.134. The Bertz CT molecular complexity index is 648. The third kappa shape index (κ3) is 3.27. The molecule has 0 aliphatic carbocycles. The normalized spacial score (nSPS) is 15.1. The molecule has 21 heavy (non-hydrogen) atoms. The number of nitrogens with zero attached hydrogens (tertiary/aromatic N) is 1. The average Bonchev–Trinajstić information content (AvgIpc) is 2.53. The Kier molecular flexibility index (Phi) is 3.95. The second kappa shape index (κ2) is 6.04. The molecule has 1 saturated heterocycles. The molecule has 0 aromatic heterocycles. The van der Waals surface area contributed by atoms with Gasteiger partial charge in [-0.1, -0.05) is 12.1 Å². The van der Waals surface area contributed by atoms with Crippen molar-refractivity contribution >= 4 is 16.7 Å². The fourth-order valence-corrected chi connectivity index (χ4v) is 2.68. The molecule has 1 aliphatic heterocycles. The SMILES string of the molecule is O=C(COc1ccc2ccc(O)cc2c1)N1CCCCC1. The zero-order valence-corrected chi connectivity index (χ0v) is 11.9. The number of phenols is 1. The van der Waals surface area contributed by atoms with Gasteiger partial charge >= 0.3 is 0 Å². The van der Waals surface area contributed by atoms with Crippen LogP contribution in [0.25, 0.3) is 10.8 Å². The first-order valence-electron chi connectivity index (χ1n) is 7.36. The van der Waals surface area contributed by atoms with Gasteiger partial charge in [0, 0.05) is 13.1 Å². The summed E-state index contributed by atoms with van der Waals surface area (Å²) in [7, 11) is 0. The number of likely N-dealkylation sites (tertiary alicyclic amines) is 1. The number of piperidine rings is 1. The Hall–Kier alpha value is -2.23. The molecule has 0 radical (unpaired) electrons. The van der Waals surface area contributed by atoms with Gasteiger partial charge in [0.2, 0.25) is 0 Å². The zero-order chi connectivity index (χ0) is 14.7. The maximum Gasteiger partial charge on any atom is 0.260 e. The highest BCUT2D eigenvalue weighted by molar-refractivity contribution is 5.85. The van der Waals surface area contributed by atoms with Crippen molar-refractivity contribution in [3.63, 3.8) is 0 Å². The summed E-state index contributed by atoms with van der Waals surface area (Å²) in [5.74, 6) is 0.924. The van der Waals surface area contributed by atoms with Crippen molar-refractivity contribution in [1.29, 1.82) is 0 Å². The molecule has 1 fully saturated rings. The summed E-state index contributed by atoms with van der Waals surface area (Å²) in [5.41, 5.74) is 0. The maximum absolute atomic E-state index is 12.1. The van der Waals surface area contributed by atoms with Crippen LogP contribution >= 0.6 is 0 Å². The van der Waals surface area contributed by atoms with E-state index in [4.69, 9.17) is 4.74 Å². The highest BCUT2D eigenvalue weighted by atomic mass is 16.5. The molecule has 0 atom stereocenters. The fraction of sp³-hybridized carbons (Fsp3) is 0.353. The summed E-state index contributed by atoms with van der Waals surface area (Å²) in [6, 6.07) is 10.8. The molecule has 0 bridgehead atoms. The minimum atomic E-state index is 0.0469. The molecule has 0 saturated carbocycles. The molecule has 2 aromatic rings. The molecular formula is C17H19NO3. The number of rotatable bonds is 3. The zero-order valence-electron chi connectivity index (χ0n) is 11.9. The van der Waals surface area contributed by atoms with Gasteiger partial charge in [-0.15, -0.1) is 0 Å². The molecule has 1 aliphatic rings. The van der Waals surface area contributed by atoms with E-state index in [1.807, 2.05) is 29.2 Å². The van der Waals surface area contributed by atoms with Gasteiger partial charge in [-0.3, -0.25) is 4.79 Å². The molecule has 1 N–H and O–H groups in total. The van der Waals surface area contributed by atoms with Crippen LogP contribution in [-0.4, -0.2) is 35.6 Å². The standard InChI is InChI=1S/C17H19NO3/c19-15-6-4-13-5-7-16(11-14(13)10-15)21-12-17(20)18-8-2-1-3-9-18/h4-7,10-11,19H,1-3,8-9,12H2. The minimum Gasteiger partial charge on any atom is -0.508 e. The van der Waals surface area contributed by atoms with Crippen LogP contribution in [0, 0.1) is 0 Å². The van der Waals surface area contributed by atoms with Crippen molar-refractivity contribution in [2.45, 2.75) is 19.3 Å². The topological polar surface area (TPSA) is 49.8 Å². The molecule has 3 rings (SSSR count). The van der Waals surface area contributed by atoms with Crippen LogP contribution in [0.4, 0.5) is 0 Å². The van der Waals surface area contributed by atoms with Crippen molar-refractivity contribution in [3.8, 4) is 11.5 Å². The highest BCUT2D eigenvalue weighted by Crippen LogP contribution is 2.24. The van der Waals surface area contributed by atoms with E-state index in [-0.39, 0.29) is 18.3 Å². The quantitative estimate of drug-likeness (QED) is 0.943. The van der Waals surface area contributed by atoms with Gasteiger partial charge in [-0.25, -0.2) is 0 Å². The number of hydrogen-bond acceptors (Lipinski definition) is 3. The molecule has 1 amide bonds. The predicted molar refractivity (Wildman–Crippen MR) is 81.5 cm³/mol. The number of aromatic hydroxyl groups is 1. The van der Waals surface area contributed by atoms with Crippen molar-refractivity contribution in [2.24, 2.45) is 0 Å². The Morgan fingerprint density at radius 1 is 1.05 bits per heavy atom. The van der Waals surface area contributed by atoms with Crippen LogP contribution in [0.2, 0.25) is 0 Å². The van der Waals surface area contributed by atoms with Gasteiger partial charge in [0.05, 0.1) is 0 Å². The third-order valence-corrected chi connectivity index (χ3v) is 3.87. The molecule has 2 aromatic carbocycles. The van der Waals surface area contributed by atoms with E-state index in [9.17, 15) is 9.90 Å². The summed E-state index contributed by atoms with van der Waals surface area (Å²) in [5, 5.41) is 11.4. The lowest BCUT2D eigenvalue weighted by atomic mass is 10.1. The van der Waals surface area contributed by atoms with Gasteiger partial charge in [0.25, 0.3) is 5.91 Å². The van der Waals surface area contributed by atoms with Gasteiger partial charge < -0.3 is 14.7 Å². The summed E-state index contributed by atoms with van der Waals surface area (Å²) in [4.78, 5) is 13.9. The molecule has 0 unspecified atom stereocenters. The smallest absolute Gasteiger partial charge is 0.260 e. The van der Waals surface area contributed by atoms with E-state index in [2.05, 4.69) is 0 Å². The van der Waals surface area contributed by atoms with Crippen LogP contribution in [0.5, 0.6) is 11.5 Å². The molecule has 4 heteroatoms. The lowest BCUT2D eigenvalue weighted by Gasteiger charge is -2.26. The number of hydrogen-bond donors (Lipinski definition) is 1. The van der Waals surface area contributed by atoms with Crippen LogP contribution in [-0.2, 0) is 4.79 Å². The van der Waals surface area contributed by atoms with Crippen LogP contribution in [0.1, 0.15) is 19.3 Å². The Morgan fingerprint density at radius 2 is 1.81 bits per heavy atom. The Labute approximate surface area is 123 Å². The largest absolute Gasteiger partial charge is 0.508 e. The van der Waals surface area contributed by atoms with E-state index in [0.29, 0.717) is 5.75 Å². The van der Waals surface area contributed by atoms with Crippen molar-refractivity contribution in [2.75, 3.05) is 19.7 Å². The third-order valence-electron chi connectivity index (χ3n) is 3.87. The molecule has 4 nitrogen and oxygen atoms in total. The van der Waals surface area contributed by atoms with Crippen molar-refractivity contribution in [3.05, 3.63) is 36.4 Å². The van der Waals surface area contributed by atoms with Gasteiger partial charge in [0.1, 0.15) is 11.5 Å². The van der Waals surface area contributed by atoms with Gasteiger partial charge in [0.15, 0.2) is 6.61 Å². The van der Waals surface area contributed by atoms with Crippen molar-refractivity contribution < 1.29 is 14.6 Å². The summed E-state index contributed by atoms with van der Waals surface area (Å²) in [6.07, 6.45) is 3.38. The Balaban J connectivity index is 1.65. The molecule has 0 spiro atoms. The number of benzene rings is 2. The second-order valence-electron chi connectivity index (χ2n) is 5.42. The van der Waals surface area contributed by atoms with E-state index in [1.165, 1.54) is 6.42 Å².